The van der Waals surface area contributed by atoms with Gasteiger partial charge < -0.3 is 11.1 Å². The summed E-state index contributed by atoms with van der Waals surface area (Å²) in [6.45, 7) is 0.677. The smallest absolute Gasteiger partial charge is 0.0551 e. The molecule has 0 atom stereocenters. The minimum Gasteiger partial charge on any atom is -0.397 e. The monoisotopic (exact) mass is 233 g/mol. The zero-order valence-corrected chi connectivity index (χ0v) is 9.41. The van der Waals surface area contributed by atoms with Crippen LogP contribution in [0.3, 0.4) is 0 Å². The molecule has 82 valence electrons. The molecule has 0 spiro atoms. The van der Waals surface area contributed by atoms with Crippen molar-refractivity contribution in [3.63, 3.8) is 0 Å². The summed E-state index contributed by atoms with van der Waals surface area (Å²) in [4.78, 5) is 3.94. The number of halogens is 1. The van der Waals surface area contributed by atoms with Gasteiger partial charge in [0.05, 0.1) is 11.9 Å². The Hall–Kier alpha value is -1.74. The fourth-order valence-corrected chi connectivity index (χ4v) is 1.49. The number of aromatic nitrogens is 1. The first-order chi connectivity index (χ1) is 7.75. The molecule has 0 fully saturated rings. The van der Waals surface area contributed by atoms with E-state index in [1.807, 2.05) is 30.3 Å². The van der Waals surface area contributed by atoms with Gasteiger partial charge in [-0.3, -0.25) is 4.98 Å². The summed E-state index contributed by atoms with van der Waals surface area (Å²) in [5.74, 6) is 0. The molecule has 0 saturated heterocycles. The minimum absolute atomic E-state index is 0.677. The average molecular weight is 234 g/mol. The Kier molecular flexibility index (Phi) is 3.27. The Morgan fingerprint density at radius 2 is 1.94 bits per heavy atom. The number of benzene rings is 1. The van der Waals surface area contributed by atoms with Crippen molar-refractivity contribution in [1.29, 1.82) is 0 Å². The number of nitrogens with two attached hydrogens (primary N) is 1. The zero-order valence-electron chi connectivity index (χ0n) is 8.65. The second kappa shape index (κ2) is 4.86. The van der Waals surface area contributed by atoms with Crippen LogP contribution in [0.4, 0.5) is 11.4 Å². The first-order valence-corrected chi connectivity index (χ1v) is 5.31. The summed E-state index contributed by atoms with van der Waals surface area (Å²) >= 11 is 5.80. The predicted molar refractivity (Wildman–Crippen MR) is 67.4 cm³/mol. The number of hydrogen-bond donors (Lipinski definition) is 2. The molecule has 1 heterocycles. The summed E-state index contributed by atoms with van der Waals surface area (Å²) < 4.78 is 0. The highest BCUT2D eigenvalue weighted by molar-refractivity contribution is 6.30. The van der Waals surface area contributed by atoms with Crippen molar-refractivity contribution < 1.29 is 0 Å². The molecule has 0 saturated carbocycles. The number of rotatable bonds is 3. The molecular formula is C12H12ClN3. The van der Waals surface area contributed by atoms with E-state index in [9.17, 15) is 0 Å². The van der Waals surface area contributed by atoms with Crippen LogP contribution in [0.2, 0.25) is 5.02 Å². The molecule has 2 rings (SSSR count). The molecule has 1 aromatic heterocycles. The lowest BCUT2D eigenvalue weighted by molar-refractivity contribution is 1.13. The maximum atomic E-state index is 5.80. The molecule has 0 amide bonds. The van der Waals surface area contributed by atoms with Crippen LogP contribution < -0.4 is 11.1 Å². The Labute approximate surface area is 99.3 Å². The van der Waals surface area contributed by atoms with E-state index in [0.29, 0.717) is 12.2 Å². The van der Waals surface area contributed by atoms with Crippen LogP contribution in [0.5, 0.6) is 0 Å². The van der Waals surface area contributed by atoms with Crippen molar-refractivity contribution in [2.75, 3.05) is 11.1 Å². The molecule has 0 bridgehead atoms. The SMILES string of the molecule is Nc1cnccc1CNc1ccc(Cl)cc1. The first-order valence-electron chi connectivity index (χ1n) is 4.93. The predicted octanol–water partition coefficient (Wildman–Crippen LogP) is 2.93. The van der Waals surface area contributed by atoms with E-state index < -0.39 is 0 Å². The molecule has 1 aromatic carbocycles. The highest BCUT2D eigenvalue weighted by Gasteiger charge is 1.98. The van der Waals surface area contributed by atoms with Gasteiger partial charge in [0, 0.05) is 23.5 Å². The van der Waals surface area contributed by atoms with Gasteiger partial charge in [-0.15, -0.1) is 0 Å². The topological polar surface area (TPSA) is 50.9 Å². The van der Waals surface area contributed by atoms with E-state index in [4.69, 9.17) is 17.3 Å². The second-order valence-electron chi connectivity index (χ2n) is 3.43. The maximum absolute atomic E-state index is 5.80. The molecule has 3 N–H and O–H groups in total. The lowest BCUT2D eigenvalue weighted by atomic mass is 10.2. The number of hydrogen-bond acceptors (Lipinski definition) is 3. The average Bonchev–Trinajstić information content (AvgIpc) is 2.30. The van der Waals surface area contributed by atoms with Crippen molar-refractivity contribution >= 4 is 23.0 Å². The van der Waals surface area contributed by atoms with E-state index in [2.05, 4.69) is 10.3 Å². The van der Waals surface area contributed by atoms with Gasteiger partial charge in [-0.05, 0) is 35.9 Å². The molecule has 2 aromatic rings. The fraction of sp³-hybridized carbons (Fsp3) is 0.0833. The summed E-state index contributed by atoms with van der Waals surface area (Å²) in [5, 5.41) is 3.99. The first kappa shape index (κ1) is 10.8. The van der Waals surface area contributed by atoms with Crippen LogP contribution in [0.1, 0.15) is 5.56 Å². The van der Waals surface area contributed by atoms with Crippen molar-refractivity contribution in [3.05, 3.63) is 53.3 Å². The third kappa shape index (κ3) is 2.64. The van der Waals surface area contributed by atoms with Crippen molar-refractivity contribution in [3.8, 4) is 0 Å². The van der Waals surface area contributed by atoms with Crippen molar-refractivity contribution in [2.45, 2.75) is 6.54 Å². The van der Waals surface area contributed by atoms with Crippen LogP contribution in [0, 0.1) is 0 Å². The zero-order chi connectivity index (χ0) is 11.4. The van der Waals surface area contributed by atoms with Crippen LogP contribution in [0.25, 0.3) is 0 Å². The van der Waals surface area contributed by atoms with Gasteiger partial charge in [0.15, 0.2) is 0 Å². The quantitative estimate of drug-likeness (QED) is 0.857. The largest absolute Gasteiger partial charge is 0.397 e. The number of pyridine rings is 1. The number of anilines is 2. The Morgan fingerprint density at radius 3 is 2.62 bits per heavy atom. The third-order valence-corrected chi connectivity index (χ3v) is 2.53. The molecule has 0 unspecified atom stereocenters. The van der Waals surface area contributed by atoms with Crippen LogP contribution >= 0.6 is 11.6 Å². The Morgan fingerprint density at radius 1 is 1.19 bits per heavy atom. The molecule has 3 nitrogen and oxygen atoms in total. The van der Waals surface area contributed by atoms with Gasteiger partial charge in [0.25, 0.3) is 0 Å². The third-order valence-electron chi connectivity index (χ3n) is 2.27. The molecule has 4 heteroatoms. The molecule has 0 aliphatic heterocycles. The second-order valence-corrected chi connectivity index (χ2v) is 3.87. The van der Waals surface area contributed by atoms with E-state index in [1.165, 1.54) is 0 Å². The van der Waals surface area contributed by atoms with Gasteiger partial charge >= 0.3 is 0 Å². The van der Waals surface area contributed by atoms with Crippen molar-refractivity contribution in [2.24, 2.45) is 0 Å². The number of nitrogens with one attached hydrogen (secondary N) is 1. The summed E-state index contributed by atoms with van der Waals surface area (Å²) in [5.41, 5.74) is 8.53. The standard InChI is InChI=1S/C12H12ClN3/c13-10-1-3-11(4-2-10)16-7-9-5-6-15-8-12(9)14/h1-6,8,16H,7,14H2. The van der Waals surface area contributed by atoms with E-state index in [0.717, 1.165) is 16.3 Å². The maximum Gasteiger partial charge on any atom is 0.0551 e. The Balaban J connectivity index is 2.02. The highest BCUT2D eigenvalue weighted by Crippen LogP contribution is 2.15. The number of nitrogen functional groups attached to an aromatic ring is 1. The molecule has 16 heavy (non-hydrogen) atoms. The summed E-state index contributed by atoms with van der Waals surface area (Å²) in [6, 6.07) is 9.46. The summed E-state index contributed by atoms with van der Waals surface area (Å²) in [6.07, 6.45) is 3.38. The van der Waals surface area contributed by atoms with Crippen LogP contribution in [-0.4, -0.2) is 4.98 Å². The highest BCUT2D eigenvalue weighted by atomic mass is 35.5. The molecule has 0 aliphatic carbocycles. The van der Waals surface area contributed by atoms with E-state index in [-0.39, 0.29) is 0 Å². The van der Waals surface area contributed by atoms with Crippen LogP contribution in [0.15, 0.2) is 42.7 Å². The van der Waals surface area contributed by atoms with E-state index in [1.54, 1.807) is 12.4 Å². The normalized spacial score (nSPS) is 10.1. The molecular weight excluding hydrogens is 222 g/mol. The van der Waals surface area contributed by atoms with Crippen molar-refractivity contribution in [1.82, 2.24) is 4.98 Å². The fourth-order valence-electron chi connectivity index (χ4n) is 1.36. The van der Waals surface area contributed by atoms with E-state index >= 15 is 0 Å². The van der Waals surface area contributed by atoms with Gasteiger partial charge in [-0.25, -0.2) is 0 Å². The summed E-state index contributed by atoms with van der Waals surface area (Å²) in [7, 11) is 0. The van der Waals surface area contributed by atoms with Crippen LogP contribution in [-0.2, 0) is 6.54 Å². The Bertz CT molecular complexity index is 468. The van der Waals surface area contributed by atoms with Gasteiger partial charge in [-0.1, -0.05) is 11.6 Å². The lowest BCUT2D eigenvalue weighted by Gasteiger charge is -2.08. The lowest BCUT2D eigenvalue weighted by Crippen LogP contribution is -2.02. The number of nitrogens with zero attached hydrogens (tertiary/aromatic N) is 1. The minimum atomic E-state index is 0.677. The molecule has 0 radical (unpaired) electrons. The molecule has 0 aliphatic rings. The van der Waals surface area contributed by atoms with Gasteiger partial charge in [-0.2, -0.15) is 0 Å². The van der Waals surface area contributed by atoms with Gasteiger partial charge in [0.2, 0.25) is 0 Å². The van der Waals surface area contributed by atoms with Gasteiger partial charge in [0.1, 0.15) is 0 Å².